The summed E-state index contributed by atoms with van der Waals surface area (Å²) in [7, 11) is 0. The molecule has 0 spiro atoms. The molecule has 0 bridgehead atoms. The number of rotatable bonds is 9. The number of nitrogens with zero attached hydrogens (tertiary/aromatic N) is 1. The summed E-state index contributed by atoms with van der Waals surface area (Å²) in [6, 6.07) is 6.25. The number of likely N-dealkylation sites (tertiary alicyclic amines) is 1. The number of benzene rings is 1. The number of piperidine rings is 1. The lowest BCUT2D eigenvalue weighted by Crippen LogP contribution is -2.54. The van der Waals surface area contributed by atoms with Gasteiger partial charge in [0.15, 0.2) is 0 Å². The number of hydrogen-bond acceptors (Lipinski definition) is 5. The Morgan fingerprint density at radius 3 is 2.17 bits per heavy atom. The lowest BCUT2D eigenvalue weighted by Gasteiger charge is -2.36. The molecule has 2 atom stereocenters. The van der Waals surface area contributed by atoms with Crippen LogP contribution >= 0.6 is 0 Å². The van der Waals surface area contributed by atoms with Crippen molar-refractivity contribution in [2.24, 2.45) is 11.8 Å². The zero-order valence-corrected chi connectivity index (χ0v) is 21.6. The minimum absolute atomic E-state index is 0.119. The van der Waals surface area contributed by atoms with Crippen LogP contribution in [0.15, 0.2) is 24.3 Å². The van der Waals surface area contributed by atoms with Gasteiger partial charge >= 0.3 is 5.97 Å². The fraction of sp³-hybridized carbons (Fsp3) is 0.667. The number of aromatic carboxylic acids is 1. The fourth-order valence-electron chi connectivity index (χ4n) is 4.31. The summed E-state index contributed by atoms with van der Waals surface area (Å²) in [5, 5.41) is 11.7. The van der Waals surface area contributed by atoms with Gasteiger partial charge in [-0.15, -0.1) is 0 Å². The van der Waals surface area contributed by atoms with Gasteiger partial charge in [0.1, 0.15) is 6.04 Å². The molecule has 2 fully saturated rings. The molecule has 35 heavy (non-hydrogen) atoms. The Bertz CT molecular complexity index is 781. The van der Waals surface area contributed by atoms with Gasteiger partial charge < -0.3 is 24.8 Å². The monoisotopic (exact) mass is 490 g/mol. The van der Waals surface area contributed by atoms with Gasteiger partial charge in [0.2, 0.25) is 12.3 Å². The predicted octanol–water partition coefficient (Wildman–Crippen LogP) is 3.70. The summed E-state index contributed by atoms with van der Waals surface area (Å²) in [6.07, 6.45) is 3.64. The van der Waals surface area contributed by atoms with Crippen LogP contribution in [0.3, 0.4) is 0 Å². The third-order valence-electron chi connectivity index (χ3n) is 6.35. The van der Waals surface area contributed by atoms with Crippen LogP contribution in [0.25, 0.3) is 0 Å². The van der Waals surface area contributed by atoms with E-state index in [0.29, 0.717) is 32.0 Å². The molecular weight excluding hydrogens is 448 g/mol. The largest absolute Gasteiger partial charge is 0.478 e. The molecule has 2 N–H and O–H groups in total. The first-order valence-electron chi connectivity index (χ1n) is 12.7. The highest BCUT2D eigenvalue weighted by Crippen LogP contribution is 2.29. The molecule has 0 saturated carbocycles. The molecule has 0 aliphatic carbocycles. The van der Waals surface area contributed by atoms with E-state index in [1.807, 2.05) is 19.1 Å². The average molecular weight is 491 g/mol. The van der Waals surface area contributed by atoms with E-state index in [9.17, 15) is 14.4 Å². The summed E-state index contributed by atoms with van der Waals surface area (Å²) in [5.74, 6) is 0.484. The number of amides is 2. The van der Waals surface area contributed by atoms with Gasteiger partial charge in [-0.05, 0) is 68.1 Å². The van der Waals surface area contributed by atoms with Gasteiger partial charge in [-0.1, -0.05) is 32.9 Å². The molecule has 2 heterocycles. The molecule has 2 aliphatic rings. The van der Waals surface area contributed by atoms with E-state index < -0.39 is 18.1 Å². The number of carbonyl (C=O) groups excluding carboxylic acids is 2. The molecule has 1 aromatic carbocycles. The number of carbonyl (C=O) groups is 3. The van der Waals surface area contributed by atoms with Crippen LogP contribution in [-0.4, -0.2) is 73.3 Å². The Labute approximate surface area is 209 Å². The van der Waals surface area contributed by atoms with Crippen molar-refractivity contribution in [2.45, 2.75) is 71.4 Å². The molecule has 0 radical (unpaired) electrons. The maximum Gasteiger partial charge on any atom is 0.335 e. The normalized spacial score (nSPS) is 18.8. The zero-order valence-electron chi connectivity index (χ0n) is 21.6. The van der Waals surface area contributed by atoms with Crippen LogP contribution in [0.5, 0.6) is 0 Å². The Morgan fingerprint density at radius 2 is 1.66 bits per heavy atom. The van der Waals surface area contributed by atoms with Crippen molar-refractivity contribution >= 4 is 18.3 Å². The van der Waals surface area contributed by atoms with Gasteiger partial charge in [-0.3, -0.25) is 9.59 Å². The number of hydrogen-bond donors (Lipinski definition) is 2. The van der Waals surface area contributed by atoms with Crippen molar-refractivity contribution in [3.05, 3.63) is 35.4 Å². The quantitative estimate of drug-likeness (QED) is 0.512. The maximum atomic E-state index is 13.1. The Morgan fingerprint density at radius 1 is 1.09 bits per heavy atom. The first-order valence-corrected chi connectivity index (χ1v) is 12.7. The predicted molar refractivity (Wildman–Crippen MR) is 134 cm³/mol. The smallest absolute Gasteiger partial charge is 0.335 e. The van der Waals surface area contributed by atoms with E-state index in [0.717, 1.165) is 50.4 Å². The number of carboxylic acids is 1. The van der Waals surface area contributed by atoms with Gasteiger partial charge in [-0.2, -0.15) is 0 Å². The van der Waals surface area contributed by atoms with E-state index in [4.69, 9.17) is 14.6 Å². The second-order valence-corrected chi connectivity index (χ2v) is 10.1. The van der Waals surface area contributed by atoms with Crippen LogP contribution in [0.1, 0.15) is 75.2 Å². The van der Waals surface area contributed by atoms with E-state index in [1.165, 1.54) is 0 Å². The van der Waals surface area contributed by atoms with Gasteiger partial charge in [0.25, 0.3) is 0 Å². The summed E-state index contributed by atoms with van der Waals surface area (Å²) in [4.78, 5) is 37.0. The summed E-state index contributed by atoms with van der Waals surface area (Å²) < 4.78 is 11.3. The zero-order chi connectivity index (χ0) is 25.8. The summed E-state index contributed by atoms with van der Waals surface area (Å²) in [5.41, 5.74) is 1.36. The van der Waals surface area contributed by atoms with E-state index in [2.05, 4.69) is 26.1 Å². The van der Waals surface area contributed by atoms with Crippen molar-refractivity contribution in [3.8, 4) is 0 Å². The first-order chi connectivity index (χ1) is 16.7. The molecule has 1 aromatic rings. The van der Waals surface area contributed by atoms with E-state index >= 15 is 0 Å². The molecule has 196 valence electrons. The van der Waals surface area contributed by atoms with Gasteiger partial charge in [0, 0.05) is 26.3 Å². The minimum atomic E-state index is -0.936. The lowest BCUT2D eigenvalue weighted by molar-refractivity contribution is -0.140. The molecule has 3 rings (SSSR count). The molecule has 0 aromatic heterocycles. The second kappa shape index (κ2) is 14.8. The van der Waals surface area contributed by atoms with Crippen LogP contribution < -0.4 is 5.32 Å². The summed E-state index contributed by atoms with van der Waals surface area (Å²) in [6.45, 7) is 11.6. The highest BCUT2D eigenvalue weighted by molar-refractivity contribution is 5.87. The van der Waals surface area contributed by atoms with Crippen molar-refractivity contribution in [3.63, 3.8) is 0 Å². The SMILES string of the molecule is CC(C)C.CC(OCC1CCOCC1)C(NC=O)C(=O)N1CCC(c2ccc(C(=O)O)cc2)CC1. The van der Waals surface area contributed by atoms with Crippen LogP contribution in [-0.2, 0) is 19.1 Å². The van der Waals surface area contributed by atoms with E-state index in [1.54, 1.807) is 17.0 Å². The molecule has 8 nitrogen and oxygen atoms in total. The number of ether oxygens (including phenoxy) is 2. The lowest BCUT2D eigenvalue weighted by atomic mass is 9.88. The Hall–Kier alpha value is -2.45. The van der Waals surface area contributed by atoms with Crippen molar-refractivity contribution in [1.29, 1.82) is 0 Å². The highest BCUT2D eigenvalue weighted by atomic mass is 16.5. The third kappa shape index (κ3) is 9.61. The molecule has 2 saturated heterocycles. The third-order valence-corrected chi connectivity index (χ3v) is 6.35. The molecule has 2 aliphatic heterocycles. The second-order valence-electron chi connectivity index (χ2n) is 10.1. The Balaban J connectivity index is 0.00000100. The fourth-order valence-corrected chi connectivity index (χ4v) is 4.31. The summed E-state index contributed by atoms with van der Waals surface area (Å²) >= 11 is 0. The average Bonchev–Trinajstić information content (AvgIpc) is 2.86. The van der Waals surface area contributed by atoms with Crippen LogP contribution in [0.2, 0.25) is 0 Å². The molecule has 2 unspecified atom stereocenters. The minimum Gasteiger partial charge on any atom is -0.478 e. The number of carboxylic acid groups (broad SMARTS) is 1. The van der Waals surface area contributed by atoms with Gasteiger partial charge in [0.05, 0.1) is 18.3 Å². The van der Waals surface area contributed by atoms with Crippen molar-refractivity contribution < 1.29 is 29.0 Å². The Kier molecular flexibility index (Phi) is 12.2. The van der Waals surface area contributed by atoms with Crippen molar-refractivity contribution in [2.75, 3.05) is 32.9 Å². The van der Waals surface area contributed by atoms with E-state index in [-0.39, 0.29) is 17.4 Å². The first kappa shape index (κ1) is 28.8. The van der Waals surface area contributed by atoms with Crippen LogP contribution in [0, 0.1) is 11.8 Å². The topological polar surface area (TPSA) is 105 Å². The van der Waals surface area contributed by atoms with Gasteiger partial charge in [-0.25, -0.2) is 4.79 Å². The number of nitrogens with one attached hydrogen (secondary N) is 1. The standard InChI is InChI=1S/C23H32N2O6.C4H10/c1-16(31-14-17-8-12-30-13-9-17)21(24-15-26)22(27)25-10-6-19(7-11-25)18-2-4-20(5-3-18)23(28)29;1-4(2)3/h2-5,15-17,19,21H,6-14H2,1H3,(H,24,26)(H,28,29);4H,1-3H3. The maximum absolute atomic E-state index is 13.1. The molecular formula is C27H42N2O6. The van der Waals surface area contributed by atoms with Crippen LogP contribution in [0.4, 0.5) is 0 Å². The van der Waals surface area contributed by atoms with Crippen molar-refractivity contribution in [1.82, 2.24) is 10.2 Å². The molecule has 2 amide bonds. The highest BCUT2D eigenvalue weighted by Gasteiger charge is 2.32. The molecule has 8 heteroatoms.